The molecule has 0 spiro atoms. The maximum absolute atomic E-state index is 5.93. The number of nitrogens with two attached hydrogens (primary N) is 1. The van der Waals surface area contributed by atoms with E-state index in [2.05, 4.69) is 15.2 Å². The third kappa shape index (κ3) is 2.43. The molecule has 0 aliphatic carbocycles. The highest BCUT2D eigenvalue weighted by molar-refractivity contribution is 5.84. The standard InChI is InChI=1S/C16H16N4O/c1-10-11(2)19-20-16(13(10)9-17)21-14-7-3-5-12-6-4-8-18-15(12)14/h3-8H,9,17H2,1-2H3. The summed E-state index contributed by atoms with van der Waals surface area (Å²) < 4.78 is 5.93. The average molecular weight is 280 g/mol. The summed E-state index contributed by atoms with van der Waals surface area (Å²) in [6, 6.07) is 9.67. The Kier molecular flexibility index (Phi) is 3.50. The summed E-state index contributed by atoms with van der Waals surface area (Å²) in [5, 5.41) is 9.26. The van der Waals surface area contributed by atoms with Gasteiger partial charge in [0.15, 0.2) is 5.75 Å². The molecule has 0 bridgehead atoms. The molecule has 3 aromatic rings. The van der Waals surface area contributed by atoms with E-state index in [9.17, 15) is 0 Å². The third-order valence-electron chi connectivity index (χ3n) is 3.55. The number of pyridine rings is 1. The van der Waals surface area contributed by atoms with Gasteiger partial charge in [-0.15, -0.1) is 5.10 Å². The Morgan fingerprint density at radius 1 is 1.10 bits per heavy atom. The number of aryl methyl sites for hydroxylation is 1. The fourth-order valence-corrected chi connectivity index (χ4v) is 2.22. The van der Waals surface area contributed by atoms with Crippen molar-refractivity contribution in [3.8, 4) is 11.6 Å². The quantitative estimate of drug-likeness (QED) is 0.798. The molecule has 2 aromatic heterocycles. The molecule has 1 aromatic carbocycles. The number of hydrogen-bond acceptors (Lipinski definition) is 5. The lowest BCUT2D eigenvalue weighted by molar-refractivity contribution is 0.450. The van der Waals surface area contributed by atoms with Crippen LogP contribution in [0.1, 0.15) is 16.8 Å². The summed E-state index contributed by atoms with van der Waals surface area (Å²) in [4.78, 5) is 4.37. The molecule has 0 radical (unpaired) electrons. The van der Waals surface area contributed by atoms with Gasteiger partial charge in [-0.05, 0) is 31.5 Å². The molecule has 5 nitrogen and oxygen atoms in total. The summed E-state index contributed by atoms with van der Waals surface area (Å²) in [5.41, 5.74) is 9.36. The van der Waals surface area contributed by atoms with E-state index in [0.29, 0.717) is 18.2 Å². The maximum Gasteiger partial charge on any atom is 0.243 e. The molecule has 0 amide bonds. The van der Waals surface area contributed by atoms with Gasteiger partial charge in [0.1, 0.15) is 5.52 Å². The lowest BCUT2D eigenvalue weighted by Crippen LogP contribution is -2.07. The van der Waals surface area contributed by atoms with Crippen LogP contribution < -0.4 is 10.5 Å². The first kappa shape index (κ1) is 13.5. The molecule has 21 heavy (non-hydrogen) atoms. The van der Waals surface area contributed by atoms with Crippen LogP contribution in [0.5, 0.6) is 11.6 Å². The second-order valence-corrected chi connectivity index (χ2v) is 4.83. The van der Waals surface area contributed by atoms with E-state index in [4.69, 9.17) is 10.5 Å². The van der Waals surface area contributed by atoms with Gasteiger partial charge in [-0.25, -0.2) is 0 Å². The van der Waals surface area contributed by atoms with E-state index < -0.39 is 0 Å². The Bertz CT molecular complexity index is 796. The zero-order chi connectivity index (χ0) is 14.8. The van der Waals surface area contributed by atoms with Crippen LogP contribution in [0.15, 0.2) is 36.5 Å². The first-order valence-electron chi connectivity index (χ1n) is 6.75. The average Bonchev–Trinajstić information content (AvgIpc) is 2.52. The Balaban J connectivity index is 2.09. The van der Waals surface area contributed by atoms with Crippen LogP contribution in [0.25, 0.3) is 10.9 Å². The van der Waals surface area contributed by atoms with Gasteiger partial charge in [-0.2, -0.15) is 5.10 Å². The van der Waals surface area contributed by atoms with Crippen molar-refractivity contribution >= 4 is 10.9 Å². The molecule has 0 aliphatic rings. The number of fused-ring (bicyclic) bond motifs is 1. The highest BCUT2D eigenvalue weighted by Crippen LogP contribution is 2.30. The molecule has 0 saturated carbocycles. The lowest BCUT2D eigenvalue weighted by Gasteiger charge is -2.12. The molecule has 0 aliphatic heterocycles. The van der Waals surface area contributed by atoms with E-state index >= 15 is 0 Å². The largest absolute Gasteiger partial charge is 0.435 e. The minimum atomic E-state index is 0.357. The summed E-state index contributed by atoms with van der Waals surface area (Å²) in [5.74, 6) is 1.10. The van der Waals surface area contributed by atoms with Crippen LogP contribution >= 0.6 is 0 Å². The lowest BCUT2D eigenvalue weighted by atomic mass is 10.1. The van der Waals surface area contributed by atoms with Gasteiger partial charge in [0.25, 0.3) is 0 Å². The van der Waals surface area contributed by atoms with Crippen molar-refractivity contribution in [2.24, 2.45) is 5.73 Å². The zero-order valence-electron chi connectivity index (χ0n) is 12.0. The van der Waals surface area contributed by atoms with E-state index in [1.54, 1.807) is 6.20 Å². The Labute approximate surface area is 122 Å². The zero-order valence-corrected chi connectivity index (χ0v) is 12.0. The van der Waals surface area contributed by atoms with E-state index in [-0.39, 0.29) is 0 Å². The number of rotatable bonds is 3. The van der Waals surface area contributed by atoms with E-state index in [1.165, 1.54) is 0 Å². The predicted molar refractivity (Wildman–Crippen MR) is 81.2 cm³/mol. The maximum atomic E-state index is 5.93. The van der Waals surface area contributed by atoms with Gasteiger partial charge < -0.3 is 10.5 Å². The molecule has 5 heteroatoms. The molecule has 106 valence electrons. The normalized spacial score (nSPS) is 10.8. The van der Waals surface area contributed by atoms with Crippen LogP contribution in [0, 0.1) is 13.8 Å². The van der Waals surface area contributed by atoms with Crippen LogP contribution in [0.2, 0.25) is 0 Å². The van der Waals surface area contributed by atoms with E-state index in [0.717, 1.165) is 27.7 Å². The first-order chi connectivity index (χ1) is 10.2. The minimum absolute atomic E-state index is 0.357. The fourth-order valence-electron chi connectivity index (χ4n) is 2.22. The summed E-state index contributed by atoms with van der Waals surface area (Å²) in [6.45, 7) is 4.24. The van der Waals surface area contributed by atoms with Crippen molar-refractivity contribution in [2.45, 2.75) is 20.4 Å². The number of hydrogen-bond donors (Lipinski definition) is 1. The summed E-state index contributed by atoms with van der Waals surface area (Å²) >= 11 is 0. The molecule has 3 rings (SSSR count). The van der Waals surface area contributed by atoms with Crippen molar-refractivity contribution in [1.29, 1.82) is 0 Å². The molecule has 0 fully saturated rings. The Hall–Kier alpha value is -2.53. The van der Waals surface area contributed by atoms with Gasteiger partial charge in [-0.1, -0.05) is 18.2 Å². The number of benzene rings is 1. The predicted octanol–water partition coefficient (Wildman–Crippen LogP) is 2.89. The van der Waals surface area contributed by atoms with E-state index in [1.807, 2.05) is 44.2 Å². The van der Waals surface area contributed by atoms with Crippen molar-refractivity contribution in [3.63, 3.8) is 0 Å². The number of para-hydroxylation sites is 1. The second kappa shape index (κ2) is 5.46. The van der Waals surface area contributed by atoms with Crippen LogP contribution in [0.3, 0.4) is 0 Å². The molecule has 0 unspecified atom stereocenters. The van der Waals surface area contributed by atoms with Gasteiger partial charge in [0.2, 0.25) is 5.88 Å². The van der Waals surface area contributed by atoms with Crippen molar-refractivity contribution in [3.05, 3.63) is 53.3 Å². The van der Waals surface area contributed by atoms with Crippen molar-refractivity contribution < 1.29 is 4.74 Å². The van der Waals surface area contributed by atoms with Crippen LogP contribution in [-0.2, 0) is 6.54 Å². The van der Waals surface area contributed by atoms with Gasteiger partial charge >= 0.3 is 0 Å². The molecule has 2 N–H and O–H groups in total. The highest BCUT2D eigenvalue weighted by atomic mass is 16.5. The fraction of sp³-hybridized carbons (Fsp3) is 0.188. The molecule has 0 atom stereocenters. The minimum Gasteiger partial charge on any atom is -0.435 e. The Morgan fingerprint density at radius 2 is 1.90 bits per heavy atom. The van der Waals surface area contributed by atoms with Gasteiger partial charge in [-0.3, -0.25) is 4.98 Å². The highest BCUT2D eigenvalue weighted by Gasteiger charge is 2.13. The monoisotopic (exact) mass is 280 g/mol. The number of ether oxygens (including phenoxy) is 1. The topological polar surface area (TPSA) is 73.9 Å². The van der Waals surface area contributed by atoms with Crippen LogP contribution in [-0.4, -0.2) is 15.2 Å². The summed E-state index contributed by atoms with van der Waals surface area (Å²) in [6.07, 6.45) is 1.74. The first-order valence-corrected chi connectivity index (χ1v) is 6.75. The van der Waals surface area contributed by atoms with Gasteiger partial charge in [0, 0.05) is 23.7 Å². The third-order valence-corrected chi connectivity index (χ3v) is 3.55. The second-order valence-electron chi connectivity index (χ2n) is 4.83. The van der Waals surface area contributed by atoms with Crippen molar-refractivity contribution in [2.75, 3.05) is 0 Å². The number of nitrogens with zero attached hydrogens (tertiary/aromatic N) is 3. The molecular formula is C16H16N4O. The SMILES string of the molecule is Cc1nnc(Oc2cccc3cccnc23)c(CN)c1C. The van der Waals surface area contributed by atoms with Crippen molar-refractivity contribution in [1.82, 2.24) is 15.2 Å². The molecule has 0 saturated heterocycles. The molecule has 2 heterocycles. The van der Waals surface area contributed by atoms with Gasteiger partial charge in [0.05, 0.1) is 5.69 Å². The molecular weight excluding hydrogens is 264 g/mol. The number of aromatic nitrogens is 3. The van der Waals surface area contributed by atoms with Crippen LogP contribution in [0.4, 0.5) is 0 Å². The Morgan fingerprint density at radius 3 is 2.71 bits per heavy atom. The smallest absolute Gasteiger partial charge is 0.243 e. The summed E-state index contributed by atoms with van der Waals surface area (Å²) in [7, 11) is 0.